The highest BCUT2D eigenvalue weighted by molar-refractivity contribution is 5.25. The number of aliphatic hydroxyl groups is 1. The van der Waals surface area contributed by atoms with E-state index in [4.69, 9.17) is 6.57 Å². The SMILES string of the molecule is [C-]#[N+]C(O)(c1ccccc1)C1CCCCC1. The molecule has 16 heavy (non-hydrogen) atoms. The van der Waals surface area contributed by atoms with Gasteiger partial charge in [0.05, 0.1) is 11.5 Å². The van der Waals surface area contributed by atoms with Crippen molar-refractivity contribution in [3.8, 4) is 0 Å². The van der Waals surface area contributed by atoms with Crippen molar-refractivity contribution in [2.75, 3.05) is 0 Å². The van der Waals surface area contributed by atoms with E-state index >= 15 is 0 Å². The Hall–Kier alpha value is -1.33. The topological polar surface area (TPSA) is 24.6 Å². The summed E-state index contributed by atoms with van der Waals surface area (Å²) in [4.78, 5) is 3.52. The molecule has 0 heterocycles. The number of rotatable bonds is 2. The van der Waals surface area contributed by atoms with Crippen molar-refractivity contribution in [2.24, 2.45) is 5.92 Å². The van der Waals surface area contributed by atoms with Crippen molar-refractivity contribution >= 4 is 0 Å². The lowest BCUT2D eigenvalue weighted by molar-refractivity contribution is 0.00407. The van der Waals surface area contributed by atoms with E-state index in [0.717, 1.165) is 31.2 Å². The lowest BCUT2D eigenvalue weighted by atomic mass is 9.79. The zero-order chi connectivity index (χ0) is 11.4. The summed E-state index contributed by atoms with van der Waals surface area (Å²) in [5, 5.41) is 10.6. The van der Waals surface area contributed by atoms with Crippen LogP contribution in [0.3, 0.4) is 0 Å². The fourth-order valence-electron chi connectivity index (χ4n) is 2.58. The van der Waals surface area contributed by atoms with Crippen LogP contribution in [0.25, 0.3) is 4.85 Å². The monoisotopic (exact) mass is 215 g/mol. The summed E-state index contributed by atoms with van der Waals surface area (Å²) in [6.45, 7) is 7.31. The Labute approximate surface area is 96.7 Å². The van der Waals surface area contributed by atoms with E-state index in [1.165, 1.54) is 6.42 Å². The van der Waals surface area contributed by atoms with E-state index in [1.54, 1.807) is 0 Å². The molecule has 1 unspecified atom stereocenters. The van der Waals surface area contributed by atoms with E-state index < -0.39 is 5.72 Å². The predicted octanol–water partition coefficient (Wildman–Crippen LogP) is 3.33. The molecule has 1 aromatic carbocycles. The fraction of sp³-hybridized carbons (Fsp3) is 0.500. The van der Waals surface area contributed by atoms with Gasteiger partial charge in [0.25, 0.3) is 0 Å². The first kappa shape index (κ1) is 11.2. The molecule has 1 aliphatic carbocycles. The maximum Gasteiger partial charge on any atom is 0.364 e. The molecular formula is C14H17NO. The maximum absolute atomic E-state index is 10.6. The normalized spacial score (nSPS) is 21.0. The molecule has 0 saturated heterocycles. The zero-order valence-corrected chi connectivity index (χ0v) is 9.39. The van der Waals surface area contributed by atoms with Gasteiger partial charge >= 0.3 is 5.72 Å². The second-order valence-electron chi connectivity index (χ2n) is 4.54. The van der Waals surface area contributed by atoms with Gasteiger partial charge < -0.3 is 5.11 Å². The van der Waals surface area contributed by atoms with Crippen molar-refractivity contribution in [1.82, 2.24) is 0 Å². The number of nitrogens with zero attached hydrogens (tertiary/aromatic N) is 1. The van der Waals surface area contributed by atoms with Crippen LogP contribution < -0.4 is 0 Å². The molecule has 0 aromatic heterocycles. The van der Waals surface area contributed by atoms with Crippen LogP contribution in [0, 0.1) is 12.5 Å². The maximum atomic E-state index is 10.6. The molecule has 1 fully saturated rings. The third kappa shape index (κ3) is 1.96. The van der Waals surface area contributed by atoms with Crippen molar-refractivity contribution in [3.05, 3.63) is 47.3 Å². The highest BCUT2D eigenvalue weighted by Gasteiger charge is 2.45. The van der Waals surface area contributed by atoms with Gasteiger partial charge in [-0.1, -0.05) is 37.5 Å². The summed E-state index contributed by atoms with van der Waals surface area (Å²) in [6.07, 6.45) is 5.44. The second-order valence-corrected chi connectivity index (χ2v) is 4.54. The molecule has 2 rings (SSSR count). The molecule has 0 amide bonds. The van der Waals surface area contributed by atoms with Crippen LogP contribution >= 0.6 is 0 Å². The van der Waals surface area contributed by atoms with Crippen LogP contribution in [0.5, 0.6) is 0 Å². The van der Waals surface area contributed by atoms with Crippen LogP contribution in [0.4, 0.5) is 0 Å². The van der Waals surface area contributed by atoms with Gasteiger partial charge in [0, 0.05) is 0 Å². The third-order valence-corrected chi connectivity index (χ3v) is 3.54. The molecule has 1 aromatic rings. The Kier molecular flexibility index (Phi) is 3.26. The van der Waals surface area contributed by atoms with Crippen LogP contribution in [0.15, 0.2) is 30.3 Å². The smallest absolute Gasteiger partial charge is 0.320 e. The third-order valence-electron chi connectivity index (χ3n) is 3.54. The molecule has 0 bridgehead atoms. The van der Waals surface area contributed by atoms with Crippen LogP contribution in [-0.2, 0) is 5.72 Å². The Morgan fingerprint density at radius 1 is 1.12 bits per heavy atom. The van der Waals surface area contributed by atoms with Gasteiger partial charge in [-0.15, -0.1) is 0 Å². The van der Waals surface area contributed by atoms with E-state index in [0.29, 0.717) is 0 Å². The average molecular weight is 215 g/mol. The van der Waals surface area contributed by atoms with Gasteiger partial charge in [-0.05, 0) is 25.0 Å². The Morgan fingerprint density at radius 3 is 2.31 bits per heavy atom. The van der Waals surface area contributed by atoms with Crippen LogP contribution in [-0.4, -0.2) is 5.11 Å². The highest BCUT2D eigenvalue weighted by Crippen LogP contribution is 2.40. The Morgan fingerprint density at radius 2 is 1.75 bits per heavy atom. The van der Waals surface area contributed by atoms with Crippen molar-refractivity contribution in [1.29, 1.82) is 0 Å². The quantitative estimate of drug-likeness (QED) is 0.752. The zero-order valence-electron chi connectivity index (χ0n) is 9.39. The minimum absolute atomic E-state index is 0.0983. The van der Waals surface area contributed by atoms with Crippen molar-refractivity contribution in [2.45, 2.75) is 37.8 Å². The predicted molar refractivity (Wildman–Crippen MR) is 63.5 cm³/mol. The molecule has 0 spiro atoms. The van der Waals surface area contributed by atoms with Gasteiger partial charge in [0.2, 0.25) is 0 Å². The second kappa shape index (κ2) is 4.67. The average Bonchev–Trinajstić information content (AvgIpc) is 2.40. The first-order chi connectivity index (χ1) is 7.77. The summed E-state index contributed by atoms with van der Waals surface area (Å²) in [7, 11) is 0. The molecule has 1 atom stereocenters. The van der Waals surface area contributed by atoms with E-state index in [1.807, 2.05) is 30.3 Å². The summed E-state index contributed by atoms with van der Waals surface area (Å²) in [6, 6.07) is 9.39. The fourth-order valence-corrected chi connectivity index (χ4v) is 2.58. The van der Waals surface area contributed by atoms with E-state index in [-0.39, 0.29) is 5.92 Å². The molecule has 2 nitrogen and oxygen atoms in total. The van der Waals surface area contributed by atoms with Gasteiger partial charge in [0.15, 0.2) is 0 Å². The van der Waals surface area contributed by atoms with Crippen molar-refractivity contribution < 1.29 is 5.11 Å². The minimum Gasteiger partial charge on any atom is -0.320 e. The lowest BCUT2D eigenvalue weighted by Crippen LogP contribution is -2.33. The molecule has 2 heteroatoms. The molecular weight excluding hydrogens is 198 g/mol. The Bertz CT molecular complexity index is 375. The number of hydrogen-bond donors (Lipinski definition) is 1. The van der Waals surface area contributed by atoms with Crippen LogP contribution in [0.2, 0.25) is 0 Å². The Balaban J connectivity index is 2.29. The number of benzene rings is 1. The highest BCUT2D eigenvalue weighted by atomic mass is 16.3. The first-order valence-electron chi connectivity index (χ1n) is 5.94. The first-order valence-corrected chi connectivity index (χ1v) is 5.94. The van der Waals surface area contributed by atoms with Crippen molar-refractivity contribution in [3.63, 3.8) is 0 Å². The standard InChI is InChI=1S/C14H17NO/c1-15-14(16,12-8-4-2-5-9-12)13-10-6-3-7-11-13/h2,4-5,8-9,13,16H,3,6-7,10-11H2. The lowest BCUT2D eigenvalue weighted by Gasteiger charge is -2.28. The van der Waals surface area contributed by atoms with Gasteiger partial charge in [-0.2, -0.15) is 0 Å². The summed E-state index contributed by atoms with van der Waals surface area (Å²) >= 11 is 0. The largest absolute Gasteiger partial charge is 0.364 e. The van der Waals surface area contributed by atoms with Gasteiger partial charge in [-0.25, -0.2) is 6.57 Å². The van der Waals surface area contributed by atoms with Gasteiger partial charge in [0.1, 0.15) is 0 Å². The minimum atomic E-state index is -1.30. The molecule has 0 aliphatic heterocycles. The molecule has 1 saturated carbocycles. The number of hydrogen-bond acceptors (Lipinski definition) is 1. The summed E-state index contributed by atoms with van der Waals surface area (Å²) in [5.41, 5.74) is -0.557. The van der Waals surface area contributed by atoms with Crippen LogP contribution in [0.1, 0.15) is 37.7 Å². The van der Waals surface area contributed by atoms with Gasteiger partial charge in [-0.3, -0.25) is 4.85 Å². The summed E-state index contributed by atoms with van der Waals surface area (Å²) < 4.78 is 0. The van der Waals surface area contributed by atoms with E-state index in [9.17, 15) is 5.11 Å². The molecule has 1 N–H and O–H groups in total. The van der Waals surface area contributed by atoms with E-state index in [2.05, 4.69) is 4.85 Å². The molecule has 0 radical (unpaired) electrons. The summed E-state index contributed by atoms with van der Waals surface area (Å²) in [5.74, 6) is 0.0983. The molecule has 84 valence electrons. The molecule has 1 aliphatic rings.